The zero-order valence-corrected chi connectivity index (χ0v) is 11.0. The van der Waals surface area contributed by atoms with Gasteiger partial charge in [-0.15, -0.1) is 23.8 Å². The van der Waals surface area contributed by atoms with Crippen LogP contribution in [0.15, 0.2) is 71.4 Å². The number of allylic oxidation sites excluding steroid dienone is 8. The zero-order valence-electron chi connectivity index (χ0n) is 11.0. The van der Waals surface area contributed by atoms with Crippen molar-refractivity contribution in [1.82, 2.24) is 0 Å². The van der Waals surface area contributed by atoms with Gasteiger partial charge in [-0.25, -0.2) is 0 Å². The third-order valence-corrected chi connectivity index (χ3v) is 3.36. The number of fused-ring (bicyclic) bond motifs is 1. The van der Waals surface area contributed by atoms with E-state index in [9.17, 15) is 0 Å². The monoisotopic (exact) mass is 226 g/mol. The molecule has 0 N–H and O–H groups in total. The Morgan fingerprint density at radius 1 is 1.17 bits per heavy atom. The fraction of sp³-hybridized carbons (Fsp3) is 0.176. The molecule has 0 aromatic heterocycles. The van der Waals surface area contributed by atoms with Gasteiger partial charge >= 0.3 is 18.9 Å². The van der Waals surface area contributed by atoms with E-state index >= 15 is 0 Å². The van der Waals surface area contributed by atoms with E-state index in [4.69, 9.17) is 0 Å². The van der Waals surface area contributed by atoms with Gasteiger partial charge in [0.25, 0.3) is 0 Å². The number of rotatable bonds is 1. The van der Waals surface area contributed by atoms with Gasteiger partial charge in [0.2, 0.25) is 0 Å². The molecule has 0 bridgehead atoms. The molecule has 0 nitrogen and oxygen atoms in total. The summed E-state index contributed by atoms with van der Waals surface area (Å²) in [6.45, 7) is 2.12. The Labute approximate surface area is 121 Å². The number of hydrogen-bond acceptors (Lipinski definition) is 0. The third-order valence-electron chi connectivity index (χ3n) is 3.36. The fourth-order valence-electron chi connectivity index (χ4n) is 2.56. The summed E-state index contributed by atoms with van der Waals surface area (Å²) in [5.41, 5.74) is 5.30. The van der Waals surface area contributed by atoms with Crippen LogP contribution in [0.2, 0.25) is 0 Å². The molecule has 1 aromatic rings. The van der Waals surface area contributed by atoms with Gasteiger partial charge in [-0.1, -0.05) is 43.3 Å². The molecule has 1 heteroatoms. The minimum atomic E-state index is 0. The Hall–Kier alpha value is -1.22. The second-order valence-corrected chi connectivity index (χ2v) is 4.62. The van der Waals surface area contributed by atoms with Gasteiger partial charge in [0.15, 0.2) is 0 Å². The van der Waals surface area contributed by atoms with Crippen LogP contribution < -0.4 is 18.9 Å². The predicted octanol–water partition coefficient (Wildman–Crippen LogP) is 1.35. The minimum Gasteiger partial charge on any atom is -0.169 e. The van der Waals surface area contributed by atoms with Gasteiger partial charge in [0, 0.05) is 0 Å². The number of benzene rings is 1. The summed E-state index contributed by atoms with van der Waals surface area (Å²) in [5.74, 6) is 0.478. The molecule has 0 saturated heterocycles. The van der Waals surface area contributed by atoms with Gasteiger partial charge in [-0.3, -0.25) is 0 Å². The van der Waals surface area contributed by atoms with Gasteiger partial charge in [0.05, 0.1) is 0 Å². The summed E-state index contributed by atoms with van der Waals surface area (Å²) >= 11 is 0. The van der Waals surface area contributed by atoms with E-state index in [0.29, 0.717) is 5.92 Å². The first-order valence-corrected chi connectivity index (χ1v) is 6.09. The maximum Gasteiger partial charge on any atom is 1.00 e. The molecule has 0 aliphatic heterocycles. The van der Waals surface area contributed by atoms with Crippen LogP contribution in [-0.2, 0) is 0 Å². The van der Waals surface area contributed by atoms with Crippen LogP contribution in [0.3, 0.4) is 0 Å². The Bertz CT molecular complexity index is 544. The van der Waals surface area contributed by atoms with E-state index in [1.807, 2.05) is 0 Å². The molecular weight excluding hydrogens is 211 g/mol. The molecule has 1 unspecified atom stereocenters. The first-order valence-electron chi connectivity index (χ1n) is 6.09. The van der Waals surface area contributed by atoms with Crippen molar-refractivity contribution in [3.05, 3.63) is 83.0 Å². The standard InChI is InChI=1S/C17H15.Li/c1-13-11-15-9-5-6-10-16(17(15)12-13)14-7-3-2-4-8-14;/h2-9,12,16H,10H2,1H3;/q-1;+1. The van der Waals surface area contributed by atoms with E-state index < -0.39 is 0 Å². The largest absolute Gasteiger partial charge is 1.00 e. The van der Waals surface area contributed by atoms with E-state index in [2.05, 4.69) is 67.6 Å². The van der Waals surface area contributed by atoms with Crippen molar-refractivity contribution >= 4 is 0 Å². The average Bonchev–Trinajstić information content (AvgIpc) is 2.61. The van der Waals surface area contributed by atoms with Crippen molar-refractivity contribution in [3.8, 4) is 0 Å². The molecule has 0 fully saturated rings. The topological polar surface area (TPSA) is 0 Å². The molecule has 0 saturated carbocycles. The van der Waals surface area contributed by atoms with Crippen molar-refractivity contribution in [2.24, 2.45) is 0 Å². The molecule has 84 valence electrons. The smallest absolute Gasteiger partial charge is 0.169 e. The van der Waals surface area contributed by atoms with Crippen LogP contribution in [-0.4, -0.2) is 0 Å². The Morgan fingerprint density at radius 2 is 1.94 bits per heavy atom. The van der Waals surface area contributed by atoms with E-state index in [-0.39, 0.29) is 18.9 Å². The van der Waals surface area contributed by atoms with Gasteiger partial charge in [-0.05, 0) is 17.9 Å². The molecular formula is C17H15Li. The molecule has 1 aromatic carbocycles. The summed E-state index contributed by atoms with van der Waals surface area (Å²) in [6, 6.07) is 10.7. The van der Waals surface area contributed by atoms with Crippen LogP contribution in [0.5, 0.6) is 0 Å². The summed E-state index contributed by atoms with van der Waals surface area (Å²) in [5, 5.41) is 0. The average molecular weight is 226 g/mol. The zero-order chi connectivity index (χ0) is 11.7. The van der Waals surface area contributed by atoms with Crippen molar-refractivity contribution < 1.29 is 18.9 Å². The van der Waals surface area contributed by atoms with Crippen LogP contribution >= 0.6 is 0 Å². The number of hydrogen-bond donors (Lipinski definition) is 0. The predicted molar refractivity (Wildman–Crippen MR) is 71.5 cm³/mol. The fourth-order valence-corrected chi connectivity index (χ4v) is 2.56. The molecule has 1 atom stereocenters. The molecule has 2 aliphatic carbocycles. The normalized spacial score (nSPS) is 21.2. The Balaban J connectivity index is 0.00000120. The van der Waals surface area contributed by atoms with Crippen molar-refractivity contribution in [2.75, 3.05) is 0 Å². The van der Waals surface area contributed by atoms with Gasteiger partial charge < -0.3 is 0 Å². The minimum absolute atomic E-state index is 0. The molecule has 0 heterocycles. The van der Waals surface area contributed by atoms with Crippen LogP contribution in [0.1, 0.15) is 24.8 Å². The molecule has 2 aliphatic rings. The molecule has 18 heavy (non-hydrogen) atoms. The summed E-state index contributed by atoms with van der Waals surface area (Å²) in [7, 11) is 0. The summed E-state index contributed by atoms with van der Waals surface area (Å²) in [4.78, 5) is 0. The first-order chi connectivity index (χ1) is 8.34. The Morgan fingerprint density at radius 3 is 2.72 bits per heavy atom. The summed E-state index contributed by atoms with van der Waals surface area (Å²) < 4.78 is 0. The summed E-state index contributed by atoms with van der Waals surface area (Å²) in [6.07, 6.45) is 13.4. The Kier molecular flexibility index (Phi) is 4.12. The van der Waals surface area contributed by atoms with E-state index in [0.717, 1.165) is 6.42 Å². The van der Waals surface area contributed by atoms with Gasteiger partial charge in [0.1, 0.15) is 0 Å². The van der Waals surface area contributed by atoms with Crippen LogP contribution in [0.25, 0.3) is 0 Å². The van der Waals surface area contributed by atoms with Crippen molar-refractivity contribution in [1.29, 1.82) is 0 Å². The second-order valence-electron chi connectivity index (χ2n) is 4.62. The molecule has 0 amide bonds. The van der Waals surface area contributed by atoms with E-state index in [1.165, 1.54) is 22.3 Å². The maximum atomic E-state index is 3.43. The van der Waals surface area contributed by atoms with Crippen LogP contribution in [0, 0.1) is 6.08 Å². The van der Waals surface area contributed by atoms with Gasteiger partial charge in [-0.2, -0.15) is 17.2 Å². The van der Waals surface area contributed by atoms with Crippen LogP contribution in [0.4, 0.5) is 0 Å². The first kappa shape index (κ1) is 13.2. The van der Waals surface area contributed by atoms with Crippen molar-refractivity contribution in [3.63, 3.8) is 0 Å². The van der Waals surface area contributed by atoms with Crippen molar-refractivity contribution in [2.45, 2.75) is 19.3 Å². The molecule has 0 radical (unpaired) electrons. The quantitative estimate of drug-likeness (QED) is 0.501. The second kappa shape index (κ2) is 5.61. The molecule has 3 rings (SSSR count). The maximum absolute atomic E-state index is 3.43. The molecule has 0 spiro atoms. The third kappa shape index (κ3) is 2.46. The SMILES string of the molecule is CC1=[C-]C2=CC=CCC(c3ccccc3)C2=C1.[Li+]. The van der Waals surface area contributed by atoms with E-state index in [1.54, 1.807) is 0 Å².